The van der Waals surface area contributed by atoms with Crippen LogP contribution in [0, 0.1) is 11.8 Å². The van der Waals surface area contributed by atoms with E-state index in [9.17, 15) is 19.2 Å². The lowest BCUT2D eigenvalue weighted by Gasteiger charge is -2.35. The molecule has 0 bridgehead atoms. The number of amides is 2. The third kappa shape index (κ3) is 3.79. The summed E-state index contributed by atoms with van der Waals surface area (Å²) in [6.07, 6.45) is 3.12. The van der Waals surface area contributed by atoms with E-state index < -0.39 is 23.9 Å². The first kappa shape index (κ1) is 20.1. The van der Waals surface area contributed by atoms with Gasteiger partial charge in [0.2, 0.25) is 11.8 Å². The van der Waals surface area contributed by atoms with E-state index in [4.69, 9.17) is 0 Å². The predicted octanol–water partition coefficient (Wildman–Crippen LogP) is 1.80. The largest absolute Gasteiger partial charge is 0.342 e. The number of unbranched alkanes of at least 4 members (excludes halogenated alkanes) is 1. The molecule has 2 rings (SSSR count). The topological polar surface area (TPSA) is 83.6 Å². The fraction of sp³-hybridized carbons (Fsp3) is 0.600. The Kier molecular flexibility index (Phi) is 6.16. The summed E-state index contributed by atoms with van der Waals surface area (Å²) in [5.74, 6) is -2.17. The van der Waals surface area contributed by atoms with Gasteiger partial charge in [0.05, 0.1) is 17.9 Å². The Bertz CT molecular complexity index is 679. The summed E-state index contributed by atoms with van der Waals surface area (Å²) in [7, 11) is 0. The summed E-state index contributed by atoms with van der Waals surface area (Å²) in [6.45, 7) is 11.4. The lowest BCUT2D eigenvalue weighted by atomic mass is 9.78. The third-order valence-corrected chi connectivity index (χ3v) is 5.32. The van der Waals surface area contributed by atoms with Crippen molar-refractivity contribution >= 4 is 23.4 Å². The van der Waals surface area contributed by atoms with Gasteiger partial charge in [0.1, 0.15) is 6.04 Å². The first-order valence-electron chi connectivity index (χ1n) is 9.16. The standard InChI is InChI=1S/C20H28N2O4/c1-6-7-8-22(13(5)23)14-10-15(24)19-18(12(4)9-16(25)21-19)20(26)17(14)11(2)3/h9,14,17-19H,2,6-8,10H2,1,3-5H3,(H,21,25). The molecule has 2 amide bonds. The minimum Gasteiger partial charge on any atom is -0.342 e. The molecule has 1 N–H and O–H groups in total. The summed E-state index contributed by atoms with van der Waals surface area (Å²) in [4.78, 5) is 52.0. The van der Waals surface area contributed by atoms with Crippen LogP contribution >= 0.6 is 0 Å². The van der Waals surface area contributed by atoms with Gasteiger partial charge in [-0.1, -0.05) is 31.1 Å². The Balaban J connectivity index is 2.50. The highest BCUT2D eigenvalue weighted by molar-refractivity contribution is 6.05. The van der Waals surface area contributed by atoms with Crippen LogP contribution in [0.4, 0.5) is 0 Å². The second-order valence-electron chi connectivity index (χ2n) is 7.38. The first-order valence-corrected chi connectivity index (χ1v) is 9.16. The molecule has 1 fully saturated rings. The molecular formula is C20H28N2O4. The highest BCUT2D eigenvalue weighted by Gasteiger charge is 2.49. The predicted molar refractivity (Wildman–Crippen MR) is 98.2 cm³/mol. The van der Waals surface area contributed by atoms with Crippen molar-refractivity contribution in [1.29, 1.82) is 0 Å². The van der Waals surface area contributed by atoms with E-state index >= 15 is 0 Å². The van der Waals surface area contributed by atoms with Crippen LogP contribution in [0.2, 0.25) is 0 Å². The maximum absolute atomic E-state index is 13.4. The second-order valence-corrected chi connectivity index (χ2v) is 7.38. The van der Waals surface area contributed by atoms with Crippen LogP contribution in [0.1, 0.15) is 47.0 Å². The molecule has 2 aliphatic rings. The molecule has 1 aliphatic carbocycles. The second kappa shape index (κ2) is 7.98. The van der Waals surface area contributed by atoms with E-state index in [2.05, 4.69) is 11.9 Å². The van der Waals surface area contributed by atoms with Crippen LogP contribution < -0.4 is 5.32 Å². The van der Waals surface area contributed by atoms with E-state index in [1.807, 2.05) is 6.92 Å². The number of Topliss-reactive ketones (excluding diaryl/α,β-unsaturated/α-hetero) is 2. The normalized spacial score (nSPS) is 28.6. The van der Waals surface area contributed by atoms with Crippen molar-refractivity contribution in [3.63, 3.8) is 0 Å². The van der Waals surface area contributed by atoms with Crippen LogP contribution in [0.3, 0.4) is 0 Å². The number of carbonyl (C=O) groups excluding carboxylic acids is 4. The molecule has 0 aromatic rings. The molecule has 0 spiro atoms. The minimum absolute atomic E-state index is 0.0429. The van der Waals surface area contributed by atoms with E-state index in [-0.39, 0.29) is 29.8 Å². The van der Waals surface area contributed by atoms with Crippen molar-refractivity contribution in [2.24, 2.45) is 11.8 Å². The monoisotopic (exact) mass is 360 g/mol. The van der Waals surface area contributed by atoms with Gasteiger partial charge in [0.15, 0.2) is 11.6 Å². The van der Waals surface area contributed by atoms with Gasteiger partial charge in [-0.2, -0.15) is 0 Å². The zero-order valence-electron chi connectivity index (χ0n) is 16.0. The maximum Gasteiger partial charge on any atom is 0.244 e. The Morgan fingerprint density at radius 3 is 2.50 bits per heavy atom. The summed E-state index contributed by atoms with van der Waals surface area (Å²) >= 11 is 0. The van der Waals surface area contributed by atoms with Gasteiger partial charge in [0, 0.05) is 26.0 Å². The molecule has 0 aromatic heterocycles. The Labute approximate surface area is 154 Å². The summed E-state index contributed by atoms with van der Waals surface area (Å²) in [5, 5.41) is 2.64. The van der Waals surface area contributed by atoms with Gasteiger partial charge in [-0.05, 0) is 20.3 Å². The Hall–Kier alpha value is -2.24. The molecule has 26 heavy (non-hydrogen) atoms. The van der Waals surface area contributed by atoms with E-state index in [1.165, 1.54) is 13.0 Å². The summed E-state index contributed by atoms with van der Waals surface area (Å²) < 4.78 is 0. The highest BCUT2D eigenvalue weighted by atomic mass is 16.2. The summed E-state index contributed by atoms with van der Waals surface area (Å²) in [5.41, 5.74) is 1.23. The lowest BCUT2D eigenvalue weighted by Crippen LogP contribution is -2.51. The van der Waals surface area contributed by atoms with Gasteiger partial charge >= 0.3 is 0 Å². The molecule has 1 heterocycles. The molecule has 0 radical (unpaired) electrons. The fourth-order valence-electron chi connectivity index (χ4n) is 4.07. The van der Waals surface area contributed by atoms with Gasteiger partial charge in [-0.25, -0.2) is 0 Å². The average molecular weight is 360 g/mol. The average Bonchev–Trinajstić information content (AvgIpc) is 2.63. The van der Waals surface area contributed by atoms with Gasteiger partial charge in [-0.15, -0.1) is 0 Å². The van der Waals surface area contributed by atoms with Crippen molar-refractivity contribution in [3.05, 3.63) is 23.8 Å². The molecule has 142 valence electrons. The molecule has 1 saturated carbocycles. The van der Waals surface area contributed by atoms with Crippen molar-refractivity contribution in [2.75, 3.05) is 6.54 Å². The number of carbonyl (C=O) groups is 4. The van der Waals surface area contributed by atoms with E-state index in [0.29, 0.717) is 17.7 Å². The molecule has 4 unspecified atom stereocenters. The van der Waals surface area contributed by atoms with E-state index in [1.54, 1.807) is 18.7 Å². The lowest BCUT2D eigenvalue weighted by molar-refractivity contribution is -0.134. The molecular weight excluding hydrogens is 332 g/mol. The number of nitrogens with zero attached hydrogens (tertiary/aromatic N) is 1. The first-order chi connectivity index (χ1) is 12.2. The van der Waals surface area contributed by atoms with Crippen molar-refractivity contribution < 1.29 is 19.2 Å². The smallest absolute Gasteiger partial charge is 0.244 e. The number of hydrogen-bond acceptors (Lipinski definition) is 4. The summed E-state index contributed by atoms with van der Waals surface area (Å²) in [6, 6.07) is -1.40. The number of nitrogens with one attached hydrogen (secondary N) is 1. The van der Waals surface area contributed by atoms with Crippen LogP contribution in [-0.2, 0) is 19.2 Å². The molecule has 1 aliphatic heterocycles. The minimum atomic E-state index is -0.855. The van der Waals surface area contributed by atoms with Crippen LogP contribution in [-0.4, -0.2) is 46.9 Å². The van der Waals surface area contributed by atoms with Crippen molar-refractivity contribution in [1.82, 2.24) is 10.2 Å². The number of hydrogen-bond donors (Lipinski definition) is 1. The molecule has 4 atom stereocenters. The maximum atomic E-state index is 13.4. The number of rotatable bonds is 5. The Morgan fingerprint density at radius 1 is 1.31 bits per heavy atom. The Morgan fingerprint density at radius 2 is 1.96 bits per heavy atom. The molecule has 6 nitrogen and oxygen atoms in total. The van der Waals surface area contributed by atoms with Gasteiger partial charge < -0.3 is 10.2 Å². The van der Waals surface area contributed by atoms with Gasteiger partial charge in [-0.3, -0.25) is 19.2 Å². The fourth-order valence-corrected chi connectivity index (χ4v) is 4.07. The van der Waals surface area contributed by atoms with Crippen molar-refractivity contribution in [3.8, 4) is 0 Å². The molecule has 0 saturated heterocycles. The van der Waals surface area contributed by atoms with E-state index in [0.717, 1.165) is 12.8 Å². The molecule has 0 aromatic carbocycles. The SMILES string of the molecule is C=C(C)C1C(=O)C2C(C)=CC(=O)NC2C(=O)CC1N(CCCC)C(C)=O. The van der Waals surface area contributed by atoms with Crippen molar-refractivity contribution in [2.45, 2.75) is 59.0 Å². The zero-order chi connectivity index (χ0) is 19.6. The molecule has 6 heteroatoms. The quantitative estimate of drug-likeness (QED) is 0.758. The van der Waals surface area contributed by atoms with Crippen LogP contribution in [0.15, 0.2) is 23.8 Å². The zero-order valence-corrected chi connectivity index (χ0v) is 16.0. The number of ketones is 2. The van der Waals surface area contributed by atoms with Crippen LogP contribution in [0.5, 0.6) is 0 Å². The van der Waals surface area contributed by atoms with Crippen LogP contribution in [0.25, 0.3) is 0 Å². The number of fused-ring (bicyclic) bond motifs is 1. The third-order valence-electron chi connectivity index (χ3n) is 5.32. The van der Waals surface area contributed by atoms with Gasteiger partial charge in [0.25, 0.3) is 0 Å². The highest BCUT2D eigenvalue weighted by Crippen LogP contribution is 2.35.